The van der Waals surface area contributed by atoms with Crippen LogP contribution in [0.1, 0.15) is 25.0 Å². The molecule has 2 aromatic rings. The first kappa shape index (κ1) is 14.1. The number of hydrogen-bond acceptors (Lipinski definition) is 2. The molecule has 1 N–H and O–H groups in total. The third-order valence-electron chi connectivity index (χ3n) is 3.58. The van der Waals surface area contributed by atoms with E-state index in [4.69, 9.17) is 0 Å². The van der Waals surface area contributed by atoms with Gasteiger partial charge in [0.25, 0.3) is 11.1 Å². The summed E-state index contributed by atoms with van der Waals surface area (Å²) in [5, 5.41) is 2.61. The van der Waals surface area contributed by atoms with Crippen molar-refractivity contribution in [3.63, 3.8) is 0 Å². The highest BCUT2D eigenvalue weighted by Crippen LogP contribution is 2.37. The Hall–Kier alpha value is -1.88. The second-order valence-corrected chi connectivity index (χ2v) is 6.90. The Bertz CT molecular complexity index is 859. The van der Waals surface area contributed by atoms with E-state index in [0.29, 0.717) is 0 Å². The van der Waals surface area contributed by atoms with Crippen molar-refractivity contribution >= 4 is 21.6 Å². The molecular weight excluding hydrogens is 332 g/mol. The average Bonchev–Trinajstić information content (AvgIpc) is 2.41. The maximum Gasteiger partial charge on any atom is 0.269 e. The van der Waals surface area contributed by atoms with Crippen molar-refractivity contribution in [2.24, 2.45) is 5.41 Å². The third-order valence-corrected chi connectivity index (χ3v) is 4.08. The van der Waals surface area contributed by atoms with Gasteiger partial charge in [0, 0.05) is 22.2 Å². The van der Waals surface area contributed by atoms with E-state index >= 15 is 0 Å². The molecule has 4 nitrogen and oxygen atoms in total. The van der Waals surface area contributed by atoms with Crippen molar-refractivity contribution in [3.8, 4) is 0 Å². The van der Waals surface area contributed by atoms with Gasteiger partial charge in [0.2, 0.25) is 0 Å². The van der Waals surface area contributed by atoms with Gasteiger partial charge < -0.3 is 0 Å². The molecule has 0 bridgehead atoms. The first-order valence-electron chi connectivity index (χ1n) is 6.70. The van der Waals surface area contributed by atoms with E-state index in [1.807, 2.05) is 18.2 Å². The summed E-state index contributed by atoms with van der Waals surface area (Å²) in [6.45, 7) is 4.23. The second kappa shape index (κ2) is 4.84. The predicted octanol–water partition coefficient (Wildman–Crippen LogP) is 2.77. The molecule has 1 heterocycles. The molecule has 1 aromatic carbocycles. The summed E-state index contributed by atoms with van der Waals surface area (Å²) in [5.41, 5.74) is 2.23. The molecule has 0 atom stereocenters. The number of nitrogens with zero attached hydrogens (tertiary/aromatic N) is 1. The van der Waals surface area contributed by atoms with Gasteiger partial charge in [-0.2, -0.15) is 0 Å². The Balaban J connectivity index is 2.32. The maximum absolute atomic E-state index is 12.1. The van der Waals surface area contributed by atoms with E-state index in [-0.39, 0.29) is 16.5 Å². The number of aromatic amines is 1. The van der Waals surface area contributed by atoms with Crippen molar-refractivity contribution < 1.29 is 0 Å². The molecule has 3 rings (SSSR count). The lowest BCUT2D eigenvalue weighted by atomic mass is 9.78. The Morgan fingerprint density at radius 1 is 1.19 bits per heavy atom. The number of hydrogen-bond donors (Lipinski definition) is 1. The largest absolute Gasteiger partial charge is 0.269 e. The molecule has 0 unspecified atom stereocenters. The van der Waals surface area contributed by atoms with Gasteiger partial charge in [0.05, 0.1) is 5.70 Å². The molecule has 0 fully saturated rings. The van der Waals surface area contributed by atoms with E-state index in [1.54, 1.807) is 0 Å². The molecule has 1 aromatic heterocycles. The van der Waals surface area contributed by atoms with E-state index < -0.39 is 0 Å². The van der Waals surface area contributed by atoms with Crippen LogP contribution in [0.25, 0.3) is 5.70 Å². The molecule has 1 aliphatic rings. The van der Waals surface area contributed by atoms with Crippen LogP contribution in [0.3, 0.4) is 0 Å². The molecule has 1 aliphatic carbocycles. The summed E-state index contributed by atoms with van der Waals surface area (Å²) >= 11 is 3.47. The topological polar surface area (TPSA) is 54.9 Å². The number of aromatic nitrogens is 2. The van der Waals surface area contributed by atoms with Crippen molar-refractivity contribution in [1.82, 2.24) is 9.78 Å². The van der Waals surface area contributed by atoms with E-state index in [9.17, 15) is 9.59 Å². The second-order valence-electron chi connectivity index (χ2n) is 5.98. The standard InChI is InChI=1S/C16H15BrN2O2/c1-16(2)8-10-3-4-11(17)7-12(10)13(9-16)19-15(21)6-5-14(20)18-19/h3-7,9H,8H2,1-2H3,(H,18,20). The fourth-order valence-electron chi connectivity index (χ4n) is 2.72. The van der Waals surface area contributed by atoms with Gasteiger partial charge in [-0.15, -0.1) is 0 Å². The van der Waals surface area contributed by atoms with Crippen molar-refractivity contribution in [2.75, 3.05) is 0 Å². The van der Waals surface area contributed by atoms with Crippen molar-refractivity contribution in [1.29, 1.82) is 0 Å². The van der Waals surface area contributed by atoms with Crippen LogP contribution in [-0.4, -0.2) is 9.78 Å². The Morgan fingerprint density at radius 2 is 1.95 bits per heavy atom. The minimum absolute atomic E-state index is 0.0810. The van der Waals surface area contributed by atoms with E-state index in [0.717, 1.165) is 27.7 Å². The molecular formula is C16H15BrN2O2. The maximum atomic E-state index is 12.1. The molecule has 0 saturated carbocycles. The fourth-order valence-corrected chi connectivity index (χ4v) is 3.08. The number of allylic oxidation sites excluding steroid dienone is 1. The summed E-state index contributed by atoms with van der Waals surface area (Å²) < 4.78 is 2.27. The van der Waals surface area contributed by atoms with Crippen LogP contribution in [0.5, 0.6) is 0 Å². The monoisotopic (exact) mass is 346 g/mol. The lowest BCUT2D eigenvalue weighted by Gasteiger charge is -2.30. The molecule has 0 amide bonds. The fraction of sp³-hybridized carbons (Fsp3) is 0.250. The van der Waals surface area contributed by atoms with Crippen LogP contribution in [0, 0.1) is 5.41 Å². The highest BCUT2D eigenvalue weighted by atomic mass is 79.9. The number of benzene rings is 1. The number of fused-ring (bicyclic) bond motifs is 1. The Kier molecular flexibility index (Phi) is 3.24. The Labute approximate surface area is 130 Å². The minimum atomic E-state index is -0.296. The summed E-state index contributed by atoms with van der Waals surface area (Å²) in [5.74, 6) is 0. The van der Waals surface area contributed by atoms with Crippen LogP contribution in [0.2, 0.25) is 0 Å². The van der Waals surface area contributed by atoms with E-state index in [2.05, 4.69) is 40.9 Å². The minimum Gasteiger partial charge on any atom is -0.268 e. The zero-order valence-corrected chi connectivity index (χ0v) is 13.4. The van der Waals surface area contributed by atoms with Gasteiger partial charge >= 0.3 is 0 Å². The lowest BCUT2D eigenvalue weighted by Crippen LogP contribution is -2.31. The first-order valence-corrected chi connectivity index (χ1v) is 7.49. The van der Waals surface area contributed by atoms with Crippen LogP contribution < -0.4 is 11.1 Å². The summed E-state index contributed by atoms with van der Waals surface area (Å²) in [6, 6.07) is 8.57. The first-order chi connectivity index (χ1) is 9.85. The Morgan fingerprint density at radius 3 is 2.71 bits per heavy atom. The SMILES string of the molecule is CC1(C)C=C(n2[nH]c(=O)ccc2=O)c2cc(Br)ccc2C1. The highest BCUT2D eigenvalue weighted by molar-refractivity contribution is 9.10. The average molecular weight is 347 g/mol. The van der Waals surface area contributed by atoms with Gasteiger partial charge in [0.15, 0.2) is 0 Å². The number of nitrogens with one attached hydrogen (secondary N) is 1. The van der Waals surface area contributed by atoms with Gasteiger partial charge in [-0.3, -0.25) is 14.7 Å². The van der Waals surface area contributed by atoms with Gasteiger partial charge in [-0.1, -0.05) is 41.9 Å². The molecule has 0 radical (unpaired) electrons. The third kappa shape index (κ3) is 2.65. The molecule has 108 valence electrons. The van der Waals surface area contributed by atoms with E-state index in [1.165, 1.54) is 16.8 Å². The van der Waals surface area contributed by atoms with Gasteiger partial charge in [-0.05, 0) is 29.5 Å². The van der Waals surface area contributed by atoms with Crippen LogP contribution in [-0.2, 0) is 6.42 Å². The number of halogens is 1. The highest BCUT2D eigenvalue weighted by Gasteiger charge is 2.26. The van der Waals surface area contributed by atoms with Gasteiger partial charge in [-0.25, -0.2) is 4.68 Å². The van der Waals surface area contributed by atoms with Crippen molar-refractivity contribution in [2.45, 2.75) is 20.3 Å². The molecule has 5 heteroatoms. The predicted molar refractivity (Wildman–Crippen MR) is 86.3 cm³/mol. The molecule has 0 saturated heterocycles. The van der Waals surface area contributed by atoms with Gasteiger partial charge in [0.1, 0.15) is 0 Å². The number of H-pyrrole nitrogens is 1. The molecule has 0 aliphatic heterocycles. The molecule has 0 spiro atoms. The van der Waals surface area contributed by atoms with Crippen molar-refractivity contribution in [3.05, 3.63) is 72.7 Å². The van der Waals surface area contributed by atoms with Crippen LogP contribution in [0.4, 0.5) is 0 Å². The lowest BCUT2D eigenvalue weighted by molar-refractivity contribution is 0.468. The van der Waals surface area contributed by atoms with Crippen LogP contribution in [0.15, 0.2) is 50.5 Å². The molecule has 21 heavy (non-hydrogen) atoms. The smallest absolute Gasteiger partial charge is 0.268 e. The zero-order chi connectivity index (χ0) is 15.2. The summed E-state index contributed by atoms with van der Waals surface area (Å²) in [7, 11) is 0. The number of rotatable bonds is 1. The zero-order valence-electron chi connectivity index (χ0n) is 11.8. The normalized spacial score (nSPS) is 16.2. The summed E-state index contributed by atoms with van der Waals surface area (Å²) in [6.07, 6.45) is 2.93. The quantitative estimate of drug-likeness (QED) is 0.863. The summed E-state index contributed by atoms with van der Waals surface area (Å²) in [4.78, 5) is 23.7. The van der Waals surface area contributed by atoms with Crippen LogP contribution >= 0.6 is 15.9 Å².